The van der Waals surface area contributed by atoms with Crippen LogP contribution in [0, 0.1) is 11.7 Å². The number of halogens is 1. The molecule has 1 aromatic carbocycles. The number of amides is 1. The number of hydrogen-bond acceptors (Lipinski definition) is 3. The Kier molecular flexibility index (Phi) is 4.51. The lowest BCUT2D eigenvalue weighted by atomic mass is 9.99. The summed E-state index contributed by atoms with van der Waals surface area (Å²) in [5.41, 5.74) is 1.13. The summed E-state index contributed by atoms with van der Waals surface area (Å²) in [6.07, 6.45) is 1.91. The van der Waals surface area contributed by atoms with Gasteiger partial charge < -0.3 is 15.0 Å². The molecule has 5 heteroatoms. The van der Waals surface area contributed by atoms with Gasteiger partial charge in [0.25, 0.3) is 0 Å². The third-order valence-corrected chi connectivity index (χ3v) is 4.25. The lowest BCUT2D eigenvalue weighted by Gasteiger charge is -2.27. The van der Waals surface area contributed by atoms with E-state index in [1.165, 1.54) is 12.1 Å². The highest BCUT2D eigenvalue weighted by Gasteiger charge is 2.31. The van der Waals surface area contributed by atoms with Gasteiger partial charge in [-0.1, -0.05) is 12.1 Å². The number of ether oxygens (including phenoxy) is 1. The summed E-state index contributed by atoms with van der Waals surface area (Å²) in [4.78, 5) is 14.3. The van der Waals surface area contributed by atoms with Crippen molar-refractivity contribution < 1.29 is 13.9 Å². The Bertz CT molecular complexity index is 486. The fourth-order valence-corrected chi connectivity index (χ4v) is 3.10. The average molecular weight is 292 g/mol. The van der Waals surface area contributed by atoms with Crippen molar-refractivity contribution >= 4 is 5.91 Å². The van der Waals surface area contributed by atoms with E-state index in [0.717, 1.165) is 38.0 Å². The van der Waals surface area contributed by atoms with E-state index >= 15 is 0 Å². The van der Waals surface area contributed by atoms with E-state index in [1.807, 2.05) is 17.0 Å². The van der Waals surface area contributed by atoms with Crippen molar-refractivity contribution in [2.45, 2.75) is 18.9 Å². The highest BCUT2D eigenvalue weighted by molar-refractivity contribution is 5.82. The fraction of sp³-hybridized carbons (Fsp3) is 0.562. The Morgan fingerprint density at radius 2 is 2.19 bits per heavy atom. The summed E-state index contributed by atoms with van der Waals surface area (Å²) in [6.45, 7) is 3.48. The van der Waals surface area contributed by atoms with Crippen molar-refractivity contribution in [3.63, 3.8) is 0 Å². The molecule has 3 rings (SSSR count). The first-order valence-corrected chi connectivity index (χ1v) is 7.57. The molecule has 2 aliphatic heterocycles. The van der Waals surface area contributed by atoms with Crippen LogP contribution in [0.25, 0.3) is 0 Å². The van der Waals surface area contributed by atoms with Crippen LogP contribution < -0.4 is 5.32 Å². The molecule has 0 bridgehead atoms. The Morgan fingerprint density at radius 3 is 2.90 bits per heavy atom. The molecular weight excluding hydrogens is 271 g/mol. The van der Waals surface area contributed by atoms with Crippen molar-refractivity contribution in [3.8, 4) is 0 Å². The molecule has 0 spiro atoms. The van der Waals surface area contributed by atoms with E-state index in [0.29, 0.717) is 19.1 Å². The van der Waals surface area contributed by atoms with Crippen molar-refractivity contribution in [1.29, 1.82) is 0 Å². The van der Waals surface area contributed by atoms with Crippen molar-refractivity contribution in [3.05, 3.63) is 35.6 Å². The zero-order valence-electron chi connectivity index (χ0n) is 12.1. The number of hydrogen-bond donors (Lipinski definition) is 1. The molecule has 1 N–H and O–H groups in total. The predicted octanol–water partition coefficient (Wildman–Crippen LogP) is 1.21. The maximum Gasteiger partial charge on any atom is 0.242 e. The molecule has 4 nitrogen and oxygen atoms in total. The van der Waals surface area contributed by atoms with Crippen LogP contribution in [0.1, 0.15) is 12.0 Å². The SMILES string of the molecule is O=C(C1COCCN1)N1CCC(Cc2ccc(F)cc2)C1. The monoisotopic (exact) mass is 292 g/mol. The summed E-state index contributed by atoms with van der Waals surface area (Å²) >= 11 is 0. The van der Waals surface area contributed by atoms with Gasteiger partial charge in [-0.15, -0.1) is 0 Å². The molecule has 0 radical (unpaired) electrons. The van der Waals surface area contributed by atoms with Crippen LogP contribution in [0.4, 0.5) is 4.39 Å². The van der Waals surface area contributed by atoms with Crippen LogP contribution in [0.15, 0.2) is 24.3 Å². The summed E-state index contributed by atoms with van der Waals surface area (Å²) in [6, 6.07) is 6.46. The zero-order chi connectivity index (χ0) is 14.7. The zero-order valence-corrected chi connectivity index (χ0v) is 12.1. The summed E-state index contributed by atoms with van der Waals surface area (Å²) in [5, 5.41) is 3.21. The molecule has 0 aliphatic carbocycles. The lowest BCUT2D eigenvalue weighted by Crippen LogP contribution is -2.52. The highest BCUT2D eigenvalue weighted by Crippen LogP contribution is 2.22. The molecule has 2 heterocycles. The summed E-state index contributed by atoms with van der Waals surface area (Å²) < 4.78 is 18.3. The van der Waals surface area contributed by atoms with Gasteiger partial charge in [0.2, 0.25) is 5.91 Å². The minimum atomic E-state index is -0.203. The van der Waals surface area contributed by atoms with Crippen LogP contribution in [-0.4, -0.2) is 49.7 Å². The first kappa shape index (κ1) is 14.5. The molecule has 0 aromatic heterocycles. The molecule has 2 saturated heterocycles. The Hall–Kier alpha value is -1.46. The van der Waals surface area contributed by atoms with Crippen LogP contribution >= 0.6 is 0 Å². The maximum absolute atomic E-state index is 12.9. The van der Waals surface area contributed by atoms with E-state index in [-0.39, 0.29) is 17.8 Å². The second-order valence-corrected chi connectivity index (χ2v) is 5.85. The normalized spacial score (nSPS) is 26.0. The van der Waals surface area contributed by atoms with Crippen LogP contribution in [0.2, 0.25) is 0 Å². The van der Waals surface area contributed by atoms with Crippen LogP contribution in [0.3, 0.4) is 0 Å². The molecule has 2 fully saturated rings. The number of likely N-dealkylation sites (tertiary alicyclic amines) is 1. The topological polar surface area (TPSA) is 41.6 Å². The van der Waals surface area contributed by atoms with Gasteiger partial charge in [0, 0.05) is 19.6 Å². The molecular formula is C16H21FN2O2. The van der Waals surface area contributed by atoms with Gasteiger partial charge in [-0.3, -0.25) is 4.79 Å². The molecule has 1 amide bonds. The van der Waals surface area contributed by atoms with E-state index in [4.69, 9.17) is 4.74 Å². The standard InChI is InChI=1S/C16H21FN2O2/c17-14-3-1-12(2-4-14)9-13-5-7-19(10-13)16(20)15-11-21-8-6-18-15/h1-4,13,15,18H,5-11H2. The van der Waals surface area contributed by atoms with E-state index in [2.05, 4.69) is 5.32 Å². The largest absolute Gasteiger partial charge is 0.378 e. The fourth-order valence-electron chi connectivity index (χ4n) is 3.10. The summed E-state index contributed by atoms with van der Waals surface area (Å²) in [7, 11) is 0. The van der Waals surface area contributed by atoms with E-state index < -0.39 is 0 Å². The summed E-state index contributed by atoms with van der Waals surface area (Å²) in [5.74, 6) is 0.408. The smallest absolute Gasteiger partial charge is 0.242 e. The first-order chi connectivity index (χ1) is 10.2. The second-order valence-electron chi connectivity index (χ2n) is 5.85. The predicted molar refractivity (Wildman–Crippen MR) is 77.4 cm³/mol. The molecule has 1 aromatic rings. The van der Waals surface area contributed by atoms with Crippen LogP contribution in [0.5, 0.6) is 0 Å². The van der Waals surface area contributed by atoms with Gasteiger partial charge in [-0.25, -0.2) is 4.39 Å². The number of carbonyl (C=O) groups excluding carboxylic acids is 1. The Balaban J connectivity index is 1.52. The number of morpholine rings is 1. The van der Waals surface area contributed by atoms with Gasteiger partial charge in [0.1, 0.15) is 11.9 Å². The number of nitrogens with zero attached hydrogens (tertiary/aromatic N) is 1. The molecule has 2 aliphatic rings. The highest BCUT2D eigenvalue weighted by atomic mass is 19.1. The van der Waals surface area contributed by atoms with Gasteiger partial charge in [-0.2, -0.15) is 0 Å². The van der Waals surface area contributed by atoms with Gasteiger partial charge in [0.15, 0.2) is 0 Å². The third-order valence-electron chi connectivity index (χ3n) is 4.25. The van der Waals surface area contributed by atoms with Crippen molar-refractivity contribution in [1.82, 2.24) is 10.2 Å². The van der Waals surface area contributed by atoms with Gasteiger partial charge in [-0.05, 0) is 36.5 Å². The maximum atomic E-state index is 12.9. The Labute approximate surface area is 124 Å². The van der Waals surface area contributed by atoms with Gasteiger partial charge in [0.05, 0.1) is 13.2 Å². The average Bonchev–Trinajstić information content (AvgIpc) is 2.98. The lowest BCUT2D eigenvalue weighted by molar-refractivity contribution is -0.135. The minimum absolute atomic E-state index is 0.149. The number of carbonyl (C=O) groups is 1. The number of rotatable bonds is 3. The van der Waals surface area contributed by atoms with Crippen molar-refractivity contribution in [2.75, 3.05) is 32.8 Å². The van der Waals surface area contributed by atoms with Crippen LogP contribution in [-0.2, 0) is 16.0 Å². The molecule has 2 unspecified atom stereocenters. The van der Waals surface area contributed by atoms with E-state index in [9.17, 15) is 9.18 Å². The first-order valence-electron chi connectivity index (χ1n) is 7.57. The second kappa shape index (κ2) is 6.54. The molecule has 114 valence electrons. The van der Waals surface area contributed by atoms with E-state index in [1.54, 1.807) is 0 Å². The molecule has 2 atom stereocenters. The molecule has 0 saturated carbocycles. The number of benzene rings is 1. The third kappa shape index (κ3) is 3.60. The van der Waals surface area contributed by atoms with Crippen molar-refractivity contribution in [2.24, 2.45) is 5.92 Å². The minimum Gasteiger partial charge on any atom is -0.378 e. The van der Waals surface area contributed by atoms with Gasteiger partial charge >= 0.3 is 0 Å². The Morgan fingerprint density at radius 1 is 1.38 bits per heavy atom. The quantitative estimate of drug-likeness (QED) is 0.910. The number of nitrogens with one attached hydrogen (secondary N) is 1. The molecule has 21 heavy (non-hydrogen) atoms.